The lowest BCUT2D eigenvalue weighted by molar-refractivity contribution is -0.154. The van der Waals surface area contributed by atoms with Crippen molar-refractivity contribution in [3.8, 4) is 5.88 Å². The van der Waals surface area contributed by atoms with Crippen LogP contribution in [0.4, 0.5) is 19.0 Å². The van der Waals surface area contributed by atoms with Crippen LogP contribution >= 0.6 is 11.3 Å². The molecule has 0 spiro atoms. The molecule has 0 aliphatic rings. The molecule has 28 heavy (non-hydrogen) atoms. The van der Waals surface area contributed by atoms with Gasteiger partial charge in [0.1, 0.15) is 5.69 Å². The van der Waals surface area contributed by atoms with E-state index < -0.39 is 18.7 Å². The molecule has 0 aliphatic heterocycles. The fourth-order valence-electron chi connectivity index (χ4n) is 2.13. The van der Waals surface area contributed by atoms with Crippen molar-refractivity contribution >= 4 is 35.2 Å². The molecule has 9 heteroatoms. The molecular formula is C19H14F3N3O2S. The number of aromatic nitrogens is 2. The Morgan fingerprint density at radius 2 is 1.96 bits per heavy atom. The number of benzene rings is 1. The molecule has 2 aromatic heterocycles. The van der Waals surface area contributed by atoms with Crippen LogP contribution < -0.4 is 10.1 Å². The number of amides is 1. The van der Waals surface area contributed by atoms with Crippen LogP contribution in [0.2, 0.25) is 0 Å². The molecule has 1 amide bonds. The molecule has 0 saturated heterocycles. The molecule has 3 rings (SSSR count). The zero-order valence-electron chi connectivity index (χ0n) is 14.3. The molecule has 0 fully saturated rings. The maximum absolute atomic E-state index is 12.4. The number of anilines is 1. The lowest BCUT2D eigenvalue weighted by Crippen LogP contribution is -2.20. The first-order valence-electron chi connectivity index (χ1n) is 8.04. The van der Waals surface area contributed by atoms with Gasteiger partial charge < -0.3 is 10.1 Å². The molecule has 0 aliphatic carbocycles. The van der Waals surface area contributed by atoms with Gasteiger partial charge in [0, 0.05) is 5.38 Å². The summed E-state index contributed by atoms with van der Waals surface area (Å²) >= 11 is 1.34. The van der Waals surface area contributed by atoms with E-state index in [-0.39, 0.29) is 17.4 Å². The average molecular weight is 405 g/mol. The van der Waals surface area contributed by atoms with E-state index in [0.717, 1.165) is 11.8 Å². The lowest BCUT2D eigenvalue weighted by Gasteiger charge is -2.11. The molecule has 0 saturated carbocycles. The lowest BCUT2D eigenvalue weighted by atomic mass is 10.2. The van der Waals surface area contributed by atoms with Gasteiger partial charge in [-0.2, -0.15) is 29.5 Å². The Labute approximate surface area is 162 Å². The second kappa shape index (κ2) is 8.66. The molecule has 0 radical (unpaired) electrons. The van der Waals surface area contributed by atoms with Crippen LogP contribution in [-0.4, -0.2) is 28.7 Å². The third kappa shape index (κ3) is 5.65. The summed E-state index contributed by atoms with van der Waals surface area (Å²) in [5.74, 6) is -0.782. The van der Waals surface area contributed by atoms with Crippen molar-refractivity contribution in [2.24, 2.45) is 0 Å². The normalized spacial score (nSPS) is 11.5. The van der Waals surface area contributed by atoms with E-state index in [1.807, 2.05) is 30.3 Å². The molecule has 0 bridgehead atoms. The highest BCUT2D eigenvalue weighted by Gasteiger charge is 2.29. The summed E-state index contributed by atoms with van der Waals surface area (Å²) in [4.78, 5) is 20.4. The molecule has 1 N–H and O–H groups in total. The quantitative estimate of drug-likeness (QED) is 0.634. The van der Waals surface area contributed by atoms with Gasteiger partial charge in [-0.05, 0) is 23.1 Å². The summed E-state index contributed by atoms with van der Waals surface area (Å²) < 4.78 is 41.7. The number of carbonyl (C=O) groups excluding carboxylic acids is 1. The third-order valence-corrected chi connectivity index (χ3v) is 4.09. The first-order valence-corrected chi connectivity index (χ1v) is 8.98. The first-order chi connectivity index (χ1) is 13.4. The predicted molar refractivity (Wildman–Crippen MR) is 101 cm³/mol. The molecular weight excluding hydrogens is 391 g/mol. The first kappa shape index (κ1) is 19.6. The minimum absolute atomic E-state index is 0.00283. The molecule has 2 heterocycles. The van der Waals surface area contributed by atoms with Crippen LogP contribution in [0.15, 0.2) is 53.4 Å². The van der Waals surface area contributed by atoms with Crippen LogP contribution in [-0.2, 0) is 0 Å². The maximum Gasteiger partial charge on any atom is 0.422 e. The van der Waals surface area contributed by atoms with Gasteiger partial charge >= 0.3 is 6.18 Å². The van der Waals surface area contributed by atoms with E-state index in [9.17, 15) is 18.0 Å². The fourth-order valence-corrected chi connectivity index (χ4v) is 2.77. The van der Waals surface area contributed by atoms with Crippen molar-refractivity contribution < 1.29 is 22.7 Å². The summed E-state index contributed by atoms with van der Waals surface area (Å²) in [6, 6.07) is 11.0. The van der Waals surface area contributed by atoms with Gasteiger partial charge in [0.15, 0.2) is 12.4 Å². The Bertz CT molecular complexity index is 958. The van der Waals surface area contributed by atoms with Gasteiger partial charge in [-0.25, -0.2) is 4.98 Å². The monoisotopic (exact) mass is 405 g/mol. The summed E-state index contributed by atoms with van der Waals surface area (Å²) in [5.41, 5.74) is 1.58. The van der Waals surface area contributed by atoms with Gasteiger partial charge in [-0.15, -0.1) is 0 Å². The van der Waals surface area contributed by atoms with Gasteiger partial charge in [-0.3, -0.25) is 4.79 Å². The summed E-state index contributed by atoms with van der Waals surface area (Å²) in [6.07, 6.45) is -0.0656. The van der Waals surface area contributed by atoms with Crippen molar-refractivity contribution in [3.63, 3.8) is 0 Å². The van der Waals surface area contributed by atoms with Gasteiger partial charge in [0.2, 0.25) is 5.88 Å². The third-order valence-electron chi connectivity index (χ3n) is 3.41. The molecule has 0 unspecified atom stereocenters. The molecule has 5 nitrogen and oxygen atoms in total. The van der Waals surface area contributed by atoms with E-state index in [0.29, 0.717) is 5.56 Å². The number of thiophene rings is 1. The Balaban J connectivity index is 1.86. The second-order valence-electron chi connectivity index (χ2n) is 5.56. The van der Waals surface area contributed by atoms with Crippen molar-refractivity contribution in [2.75, 3.05) is 11.9 Å². The van der Waals surface area contributed by atoms with E-state index in [1.54, 1.807) is 29.0 Å². The number of halogens is 3. The zero-order chi connectivity index (χ0) is 20.0. The number of carbonyl (C=O) groups is 1. The Kier molecular flexibility index (Phi) is 6.05. The number of hydrogen-bond acceptors (Lipinski definition) is 5. The van der Waals surface area contributed by atoms with Crippen LogP contribution in [0.3, 0.4) is 0 Å². The van der Waals surface area contributed by atoms with E-state index in [1.165, 1.54) is 11.3 Å². The molecule has 144 valence electrons. The van der Waals surface area contributed by atoms with Gasteiger partial charge in [0.25, 0.3) is 5.91 Å². The number of nitrogens with one attached hydrogen (secondary N) is 1. The van der Waals surface area contributed by atoms with Crippen molar-refractivity contribution in [2.45, 2.75) is 6.18 Å². The minimum Gasteiger partial charge on any atom is -0.467 e. The van der Waals surface area contributed by atoms with Crippen molar-refractivity contribution in [1.29, 1.82) is 0 Å². The molecule has 3 aromatic rings. The summed E-state index contributed by atoms with van der Waals surface area (Å²) in [6.45, 7) is -1.50. The number of hydrogen-bond donors (Lipinski definition) is 1. The Morgan fingerprint density at radius 1 is 1.18 bits per heavy atom. The SMILES string of the molecule is O=C(Nc1nc(OCC(F)(F)F)cnc1/C=C\c1ccccc1)c1ccsc1. The number of ether oxygens (including phenoxy) is 1. The average Bonchev–Trinajstić information content (AvgIpc) is 3.21. The second-order valence-corrected chi connectivity index (χ2v) is 6.34. The predicted octanol–water partition coefficient (Wildman–Crippen LogP) is 4.90. The highest BCUT2D eigenvalue weighted by Crippen LogP contribution is 2.21. The maximum atomic E-state index is 12.4. The van der Waals surface area contributed by atoms with Crippen LogP contribution in [0.25, 0.3) is 12.2 Å². The Hall–Kier alpha value is -3.20. The van der Waals surface area contributed by atoms with E-state index in [2.05, 4.69) is 20.0 Å². The van der Waals surface area contributed by atoms with E-state index in [4.69, 9.17) is 0 Å². The number of nitrogens with zero attached hydrogens (tertiary/aromatic N) is 2. The summed E-state index contributed by atoms with van der Waals surface area (Å²) in [7, 11) is 0. The highest BCUT2D eigenvalue weighted by atomic mass is 32.1. The van der Waals surface area contributed by atoms with E-state index >= 15 is 0 Å². The summed E-state index contributed by atoms with van der Waals surface area (Å²) in [5, 5.41) is 5.95. The zero-order valence-corrected chi connectivity index (χ0v) is 15.1. The van der Waals surface area contributed by atoms with Crippen LogP contribution in [0, 0.1) is 0 Å². The van der Waals surface area contributed by atoms with Crippen LogP contribution in [0.1, 0.15) is 21.6 Å². The highest BCUT2D eigenvalue weighted by molar-refractivity contribution is 7.08. The number of rotatable bonds is 6. The van der Waals surface area contributed by atoms with Crippen molar-refractivity contribution in [3.05, 3.63) is 70.2 Å². The van der Waals surface area contributed by atoms with Gasteiger partial charge in [-0.1, -0.05) is 36.4 Å². The minimum atomic E-state index is -4.51. The van der Waals surface area contributed by atoms with Crippen LogP contribution in [0.5, 0.6) is 5.88 Å². The standard InChI is InChI=1S/C19H14F3N3O2S/c20-19(21,22)12-27-16-10-23-15(7-6-13-4-2-1-3-5-13)17(24-16)25-18(26)14-8-9-28-11-14/h1-11H,12H2,(H,24,25,26)/b7-6-. The topological polar surface area (TPSA) is 64.1 Å². The fraction of sp³-hybridized carbons (Fsp3) is 0.105. The van der Waals surface area contributed by atoms with Gasteiger partial charge in [0.05, 0.1) is 11.8 Å². The largest absolute Gasteiger partial charge is 0.467 e. The number of alkyl halides is 3. The van der Waals surface area contributed by atoms with Crippen molar-refractivity contribution in [1.82, 2.24) is 9.97 Å². The smallest absolute Gasteiger partial charge is 0.422 e. The molecule has 1 aromatic carbocycles. The Morgan fingerprint density at radius 3 is 2.64 bits per heavy atom. The molecule has 0 atom stereocenters.